The van der Waals surface area contributed by atoms with Crippen molar-refractivity contribution in [2.45, 2.75) is 30.3 Å². The fourth-order valence-electron chi connectivity index (χ4n) is 1.97. The van der Waals surface area contributed by atoms with Gasteiger partial charge >= 0.3 is 0 Å². The van der Waals surface area contributed by atoms with Gasteiger partial charge in [0.25, 0.3) is 0 Å². The molecule has 0 fully saturated rings. The van der Waals surface area contributed by atoms with Gasteiger partial charge in [-0.2, -0.15) is 11.8 Å². The number of aliphatic hydroxyl groups is 1. The van der Waals surface area contributed by atoms with Crippen LogP contribution in [0.4, 0.5) is 4.39 Å². The Hall–Kier alpha value is -0.230. The zero-order valence-electron chi connectivity index (χ0n) is 11.6. The zero-order chi connectivity index (χ0) is 14.3. The molecule has 0 aliphatic carbocycles. The van der Waals surface area contributed by atoms with Gasteiger partial charge in [-0.3, -0.25) is 0 Å². The third-order valence-electron chi connectivity index (χ3n) is 3.01. The van der Waals surface area contributed by atoms with Crippen molar-refractivity contribution in [3.05, 3.63) is 29.6 Å². The van der Waals surface area contributed by atoms with Gasteiger partial charge in [0, 0.05) is 29.3 Å². The van der Waals surface area contributed by atoms with Crippen LogP contribution < -0.4 is 5.32 Å². The van der Waals surface area contributed by atoms with E-state index in [4.69, 9.17) is 5.11 Å². The lowest BCUT2D eigenvalue weighted by atomic mass is 10.1. The van der Waals surface area contributed by atoms with Crippen LogP contribution in [0.15, 0.2) is 23.1 Å². The third-order valence-corrected chi connectivity index (χ3v) is 4.51. The predicted octanol–water partition coefficient (Wildman–Crippen LogP) is 3.31. The second-order valence-electron chi connectivity index (χ2n) is 4.45. The molecule has 108 valence electrons. The number of thioether (sulfide) groups is 2. The van der Waals surface area contributed by atoms with E-state index in [1.165, 1.54) is 11.8 Å². The number of aliphatic hydroxyl groups excluding tert-OH is 1. The summed E-state index contributed by atoms with van der Waals surface area (Å²) in [6.07, 6.45) is 4.63. The monoisotopic (exact) mass is 303 g/mol. The summed E-state index contributed by atoms with van der Waals surface area (Å²) in [6.45, 7) is 2.20. The number of hydrogen-bond donors (Lipinski definition) is 2. The molecule has 0 saturated carbocycles. The smallest absolute Gasteiger partial charge is 0.137 e. The first kappa shape index (κ1) is 16.8. The molecule has 1 aromatic carbocycles. The number of halogens is 1. The number of hydrogen-bond acceptors (Lipinski definition) is 4. The molecule has 0 amide bonds. The Morgan fingerprint density at radius 3 is 2.63 bits per heavy atom. The van der Waals surface area contributed by atoms with Gasteiger partial charge in [0.05, 0.1) is 0 Å². The van der Waals surface area contributed by atoms with Crippen LogP contribution in [-0.2, 0) is 0 Å². The highest BCUT2D eigenvalue weighted by atomic mass is 32.2. The van der Waals surface area contributed by atoms with E-state index in [1.54, 1.807) is 17.8 Å². The molecular weight excluding hydrogens is 281 g/mol. The van der Waals surface area contributed by atoms with Gasteiger partial charge in [-0.05, 0) is 43.6 Å². The average Bonchev–Trinajstić information content (AvgIpc) is 2.39. The van der Waals surface area contributed by atoms with E-state index in [9.17, 15) is 4.39 Å². The van der Waals surface area contributed by atoms with Crippen LogP contribution in [0.25, 0.3) is 0 Å². The van der Waals surface area contributed by atoms with Crippen molar-refractivity contribution in [3.8, 4) is 0 Å². The first-order valence-electron chi connectivity index (χ1n) is 6.31. The largest absolute Gasteiger partial charge is 0.396 e. The van der Waals surface area contributed by atoms with Gasteiger partial charge in [-0.15, -0.1) is 11.8 Å². The van der Waals surface area contributed by atoms with Gasteiger partial charge in [0.2, 0.25) is 0 Å². The maximum absolute atomic E-state index is 13.8. The Morgan fingerprint density at radius 1 is 1.37 bits per heavy atom. The Labute approximate surface area is 123 Å². The fraction of sp³-hybridized carbons (Fsp3) is 0.571. The SMILES string of the molecule is CSCC(CCO)NC(C)c1ccc(SC)c(F)c1. The Balaban J connectivity index is 2.70. The van der Waals surface area contributed by atoms with E-state index >= 15 is 0 Å². The van der Waals surface area contributed by atoms with Crippen LogP contribution in [0.5, 0.6) is 0 Å². The molecule has 2 unspecified atom stereocenters. The molecule has 1 rings (SSSR count). The normalized spacial score (nSPS) is 14.4. The first-order chi connectivity index (χ1) is 9.12. The summed E-state index contributed by atoms with van der Waals surface area (Å²) in [5, 5.41) is 12.5. The molecule has 5 heteroatoms. The summed E-state index contributed by atoms with van der Waals surface area (Å²) in [5.41, 5.74) is 0.944. The van der Waals surface area contributed by atoms with Crippen LogP contribution in [0.3, 0.4) is 0 Å². The molecule has 0 saturated heterocycles. The summed E-state index contributed by atoms with van der Waals surface area (Å²) in [6, 6.07) is 5.70. The van der Waals surface area contributed by atoms with Gasteiger partial charge in [-0.1, -0.05) is 6.07 Å². The van der Waals surface area contributed by atoms with E-state index in [0.717, 1.165) is 17.7 Å². The summed E-state index contributed by atoms with van der Waals surface area (Å²) in [5.74, 6) is 0.776. The topological polar surface area (TPSA) is 32.3 Å². The molecule has 0 aliphatic rings. The van der Waals surface area contributed by atoms with Gasteiger partial charge in [0.15, 0.2) is 0 Å². The number of benzene rings is 1. The van der Waals surface area contributed by atoms with Crippen LogP contribution in [-0.4, -0.2) is 36.0 Å². The summed E-state index contributed by atoms with van der Waals surface area (Å²) >= 11 is 3.16. The molecule has 0 aliphatic heterocycles. The lowest BCUT2D eigenvalue weighted by Gasteiger charge is -2.22. The quantitative estimate of drug-likeness (QED) is 0.722. The molecule has 0 bridgehead atoms. The molecule has 2 nitrogen and oxygen atoms in total. The second-order valence-corrected chi connectivity index (χ2v) is 6.21. The van der Waals surface area contributed by atoms with Crippen LogP contribution in [0.2, 0.25) is 0 Å². The Bertz CT molecular complexity index is 384. The van der Waals surface area contributed by atoms with E-state index < -0.39 is 0 Å². The minimum Gasteiger partial charge on any atom is -0.396 e. The van der Waals surface area contributed by atoms with E-state index in [0.29, 0.717) is 4.90 Å². The lowest BCUT2D eigenvalue weighted by molar-refractivity contribution is 0.265. The summed E-state index contributed by atoms with van der Waals surface area (Å²) < 4.78 is 13.8. The standard InChI is InChI=1S/C14H22FNOS2/c1-10(16-12(6-7-17)9-18-2)11-4-5-14(19-3)13(15)8-11/h4-5,8,10,12,16-17H,6-7,9H2,1-3H3. The van der Waals surface area contributed by atoms with Gasteiger partial charge in [0.1, 0.15) is 5.82 Å². The Morgan fingerprint density at radius 2 is 2.11 bits per heavy atom. The van der Waals surface area contributed by atoms with Gasteiger partial charge < -0.3 is 10.4 Å². The molecule has 0 spiro atoms. The minimum absolute atomic E-state index is 0.0779. The molecule has 2 atom stereocenters. The predicted molar refractivity (Wildman–Crippen MR) is 83.6 cm³/mol. The first-order valence-corrected chi connectivity index (χ1v) is 8.93. The minimum atomic E-state index is -0.165. The van der Waals surface area contributed by atoms with Crippen molar-refractivity contribution in [1.82, 2.24) is 5.32 Å². The van der Waals surface area contributed by atoms with Crippen LogP contribution in [0, 0.1) is 5.82 Å². The van der Waals surface area contributed by atoms with Crippen LogP contribution in [0.1, 0.15) is 24.9 Å². The molecule has 0 heterocycles. The molecule has 0 aromatic heterocycles. The van der Waals surface area contributed by atoms with E-state index in [-0.39, 0.29) is 24.5 Å². The third kappa shape index (κ3) is 5.34. The number of rotatable bonds is 8. The maximum Gasteiger partial charge on any atom is 0.137 e. The average molecular weight is 303 g/mol. The Kier molecular flexibility index (Phi) is 7.83. The van der Waals surface area contributed by atoms with Crippen molar-refractivity contribution in [2.75, 3.05) is 24.9 Å². The van der Waals surface area contributed by atoms with Crippen molar-refractivity contribution in [2.24, 2.45) is 0 Å². The summed E-state index contributed by atoms with van der Waals surface area (Å²) in [4.78, 5) is 0.673. The molecule has 0 radical (unpaired) electrons. The summed E-state index contributed by atoms with van der Waals surface area (Å²) in [7, 11) is 0. The second kappa shape index (κ2) is 8.84. The zero-order valence-corrected chi connectivity index (χ0v) is 13.3. The van der Waals surface area contributed by atoms with Crippen molar-refractivity contribution in [3.63, 3.8) is 0 Å². The fourth-order valence-corrected chi connectivity index (χ4v) is 3.10. The highest BCUT2D eigenvalue weighted by Crippen LogP contribution is 2.23. The van der Waals surface area contributed by atoms with Crippen molar-refractivity contribution < 1.29 is 9.50 Å². The van der Waals surface area contributed by atoms with Crippen LogP contribution >= 0.6 is 23.5 Å². The molecule has 19 heavy (non-hydrogen) atoms. The van der Waals surface area contributed by atoms with Gasteiger partial charge in [-0.25, -0.2) is 4.39 Å². The molecular formula is C14H22FNOS2. The van der Waals surface area contributed by atoms with E-state index in [1.807, 2.05) is 31.6 Å². The van der Waals surface area contributed by atoms with Crippen molar-refractivity contribution in [1.29, 1.82) is 0 Å². The molecule has 2 N–H and O–H groups in total. The highest BCUT2D eigenvalue weighted by molar-refractivity contribution is 7.98. The number of nitrogens with one attached hydrogen (secondary N) is 1. The van der Waals surface area contributed by atoms with Crippen molar-refractivity contribution >= 4 is 23.5 Å². The molecule has 1 aromatic rings. The highest BCUT2D eigenvalue weighted by Gasteiger charge is 2.14. The van der Waals surface area contributed by atoms with E-state index in [2.05, 4.69) is 5.32 Å². The maximum atomic E-state index is 13.8. The lowest BCUT2D eigenvalue weighted by Crippen LogP contribution is -2.34.